The van der Waals surface area contributed by atoms with E-state index in [-0.39, 0.29) is 5.41 Å². The van der Waals surface area contributed by atoms with Gasteiger partial charge in [0.1, 0.15) is 5.75 Å². The van der Waals surface area contributed by atoms with Crippen LogP contribution in [0.25, 0.3) is 0 Å². The fourth-order valence-corrected chi connectivity index (χ4v) is 5.85. The Bertz CT molecular complexity index is 913. The van der Waals surface area contributed by atoms with E-state index < -0.39 is 0 Å². The third-order valence-corrected chi connectivity index (χ3v) is 8.94. The van der Waals surface area contributed by atoms with Crippen molar-refractivity contribution < 1.29 is 5.11 Å². The molecule has 30 heavy (non-hydrogen) atoms. The van der Waals surface area contributed by atoms with Crippen molar-refractivity contribution in [2.45, 2.75) is 79.3 Å². The second kappa shape index (κ2) is 10.1. The quantitative estimate of drug-likeness (QED) is 0.351. The number of hydrogen-bond acceptors (Lipinski definition) is 2. The van der Waals surface area contributed by atoms with Gasteiger partial charge in [0, 0.05) is 35.1 Å². The van der Waals surface area contributed by atoms with E-state index in [9.17, 15) is 5.11 Å². The minimum absolute atomic E-state index is 0.0692. The van der Waals surface area contributed by atoms with Gasteiger partial charge < -0.3 is 5.11 Å². The topological polar surface area (TPSA) is 32.6 Å². The fraction of sp³-hybridized carbons (Fsp3) is 0.519. The van der Waals surface area contributed by atoms with Crippen LogP contribution in [0.15, 0.2) is 35.3 Å². The number of aromatic hydroxyl groups is 1. The third-order valence-electron chi connectivity index (χ3n) is 6.92. The molecule has 1 N–H and O–H groups in total. The lowest BCUT2D eigenvalue weighted by atomic mass is 9.72. The summed E-state index contributed by atoms with van der Waals surface area (Å²) < 4.78 is 0. The van der Waals surface area contributed by atoms with Crippen molar-refractivity contribution >= 4 is 19.6 Å². The van der Waals surface area contributed by atoms with Gasteiger partial charge in [-0.25, -0.2) is 0 Å². The fourth-order valence-electron chi connectivity index (χ4n) is 4.19. The van der Waals surface area contributed by atoms with Gasteiger partial charge in [0.05, 0.1) is 0 Å². The van der Waals surface area contributed by atoms with Gasteiger partial charge in [-0.3, -0.25) is 4.99 Å². The van der Waals surface area contributed by atoms with Gasteiger partial charge in [0.15, 0.2) is 0 Å². The molecule has 0 aromatic heterocycles. The van der Waals surface area contributed by atoms with Crippen LogP contribution in [-0.2, 0) is 5.41 Å². The molecule has 2 rings (SSSR count). The van der Waals surface area contributed by atoms with Crippen molar-refractivity contribution in [3.05, 3.63) is 58.1 Å². The van der Waals surface area contributed by atoms with E-state index in [1.54, 1.807) is 0 Å². The molecule has 2 aromatic rings. The molecule has 164 valence electrons. The summed E-state index contributed by atoms with van der Waals surface area (Å²) in [6, 6.07) is 10.9. The number of aryl methyl sites for hydroxylation is 2. The lowest BCUT2D eigenvalue weighted by molar-refractivity contribution is 0.320. The number of rotatable bonds is 8. The van der Waals surface area contributed by atoms with Crippen LogP contribution in [-0.4, -0.2) is 17.9 Å². The highest BCUT2D eigenvalue weighted by molar-refractivity contribution is 7.48. The minimum Gasteiger partial charge on any atom is -0.507 e. The summed E-state index contributed by atoms with van der Waals surface area (Å²) in [5.41, 5.74) is 7.26. The molecule has 0 saturated heterocycles. The largest absolute Gasteiger partial charge is 0.507 e. The summed E-state index contributed by atoms with van der Waals surface area (Å²) in [4.78, 5) is 4.44. The number of nitrogens with zero attached hydrogens (tertiary/aromatic N) is 1. The van der Waals surface area contributed by atoms with Gasteiger partial charge in [-0.2, -0.15) is 0 Å². The predicted octanol–water partition coefficient (Wildman–Crippen LogP) is 7.23. The van der Waals surface area contributed by atoms with E-state index in [4.69, 9.17) is 0 Å². The van der Waals surface area contributed by atoms with Gasteiger partial charge in [-0.05, 0) is 49.4 Å². The van der Waals surface area contributed by atoms with Crippen molar-refractivity contribution in [2.75, 3.05) is 7.05 Å². The highest BCUT2D eigenvalue weighted by atomic mass is 31.1. The van der Waals surface area contributed by atoms with E-state index in [2.05, 4.69) is 90.7 Å². The standard InChI is InChI=1S/C27H40NOP/c1-10-19(5)27(7,8)23-16-17(3)15-22(25(23)29)24(11-2)30-26-18(4)13-12-14-21(26)20(6)28-9/h12-16,19,24,29-30H,10-11H2,1-9H3. The van der Waals surface area contributed by atoms with Crippen LogP contribution in [0.4, 0.5) is 0 Å². The second-order valence-corrected chi connectivity index (χ2v) is 10.7. The van der Waals surface area contributed by atoms with Crippen molar-refractivity contribution in [1.29, 1.82) is 0 Å². The normalized spacial score (nSPS) is 15.0. The molecule has 3 heteroatoms. The Kier molecular flexibility index (Phi) is 8.28. The first-order valence-electron chi connectivity index (χ1n) is 11.2. The summed E-state index contributed by atoms with van der Waals surface area (Å²) >= 11 is 0. The first kappa shape index (κ1) is 24.6. The molecule has 0 heterocycles. The molecule has 0 bridgehead atoms. The lowest BCUT2D eigenvalue weighted by Crippen LogP contribution is -2.26. The Labute approximate surface area is 186 Å². The molecule has 3 atom stereocenters. The second-order valence-electron chi connectivity index (χ2n) is 9.19. The van der Waals surface area contributed by atoms with E-state index in [1.807, 2.05) is 7.05 Å². The smallest absolute Gasteiger partial charge is 0.123 e. The predicted molar refractivity (Wildman–Crippen MR) is 136 cm³/mol. The van der Waals surface area contributed by atoms with Crippen LogP contribution < -0.4 is 5.30 Å². The zero-order valence-corrected chi connectivity index (χ0v) is 21.4. The average molecular weight is 426 g/mol. The van der Waals surface area contributed by atoms with Crippen LogP contribution in [0.2, 0.25) is 0 Å². The van der Waals surface area contributed by atoms with Gasteiger partial charge in [-0.15, -0.1) is 0 Å². The maximum atomic E-state index is 11.4. The SMILES string of the molecule is CCC(Pc1c(C)cccc1C(C)=NC)c1cc(C)cc(C(C)(C)C(C)CC)c1O. The third kappa shape index (κ3) is 4.97. The van der Waals surface area contributed by atoms with Crippen molar-refractivity contribution in [1.82, 2.24) is 0 Å². The molecular weight excluding hydrogens is 385 g/mol. The molecule has 0 saturated carbocycles. The van der Waals surface area contributed by atoms with Crippen molar-refractivity contribution in [3.63, 3.8) is 0 Å². The van der Waals surface area contributed by atoms with E-state index in [0.29, 0.717) is 25.9 Å². The minimum atomic E-state index is -0.0692. The van der Waals surface area contributed by atoms with Crippen LogP contribution >= 0.6 is 8.58 Å². The van der Waals surface area contributed by atoms with Crippen LogP contribution in [0.1, 0.15) is 87.9 Å². The number of benzene rings is 2. The number of phenolic OH excluding ortho intramolecular Hbond substituents is 1. The monoisotopic (exact) mass is 425 g/mol. The molecule has 2 aromatic carbocycles. The zero-order valence-electron chi connectivity index (χ0n) is 20.4. The summed E-state index contributed by atoms with van der Waals surface area (Å²) in [5.74, 6) is 0.994. The van der Waals surface area contributed by atoms with Crippen molar-refractivity contribution in [2.24, 2.45) is 10.9 Å². The highest BCUT2D eigenvalue weighted by Gasteiger charge is 2.32. The van der Waals surface area contributed by atoms with E-state index in [1.165, 1.54) is 22.0 Å². The molecule has 3 unspecified atom stereocenters. The Balaban J connectivity index is 2.59. The zero-order chi connectivity index (χ0) is 22.6. The molecule has 0 amide bonds. The van der Waals surface area contributed by atoms with Crippen LogP contribution in [0.5, 0.6) is 5.75 Å². The van der Waals surface area contributed by atoms with E-state index in [0.717, 1.165) is 29.7 Å². The van der Waals surface area contributed by atoms with Gasteiger partial charge in [-0.1, -0.05) is 85.5 Å². The Morgan fingerprint density at radius 2 is 1.80 bits per heavy atom. The molecule has 0 radical (unpaired) electrons. The molecule has 2 nitrogen and oxygen atoms in total. The first-order chi connectivity index (χ1) is 14.1. The summed E-state index contributed by atoms with van der Waals surface area (Å²) in [6.45, 7) is 17.7. The van der Waals surface area contributed by atoms with Gasteiger partial charge >= 0.3 is 0 Å². The molecule has 0 aliphatic rings. The van der Waals surface area contributed by atoms with Crippen LogP contribution in [0, 0.1) is 19.8 Å². The maximum absolute atomic E-state index is 11.4. The summed E-state index contributed by atoms with van der Waals surface area (Å²) in [7, 11) is 2.45. The lowest BCUT2D eigenvalue weighted by Gasteiger charge is -2.34. The molecule has 0 aliphatic heterocycles. The Morgan fingerprint density at radius 3 is 2.37 bits per heavy atom. The number of hydrogen-bond donors (Lipinski definition) is 1. The summed E-state index contributed by atoms with van der Waals surface area (Å²) in [5, 5.41) is 12.8. The number of phenols is 1. The van der Waals surface area contributed by atoms with Gasteiger partial charge in [0.2, 0.25) is 0 Å². The Hall–Kier alpha value is -1.66. The average Bonchev–Trinajstić information content (AvgIpc) is 2.72. The van der Waals surface area contributed by atoms with E-state index >= 15 is 0 Å². The molecular formula is C27H40NOP. The molecule has 0 aliphatic carbocycles. The molecule has 0 spiro atoms. The van der Waals surface area contributed by atoms with Gasteiger partial charge in [0.25, 0.3) is 0 Å². The first-order valence-corrected chi connectivity index (χ1v) is 12.3. The maximum Gasteiger partial charge on any atom is 0.123 e. The number of aliphatic imine (C=N–C) groups is 1. The summed E-state index contributed by atoms with van der Waals surface area (Å²) in [6.07, 6.45) is 2.09. The highest BCUT2D eigenvalue weighted by Crippen LogP contribution is 2.47. The van der Waals surface area contributed by atoms with Crippen molar-refractivity contribution in [3.8, 4) is 5.75 Å². The Morgan fingerprint density at radius 1 is 1.13 bits per heavy atom. The molecule has 0 fully saturated rings. The van der Waals surface area contributed by atoms with Crippen LogP contribution in [0.3, 0.4) is 0 Å².